The molecule has 0 saturated carbocycles. The van der Waals surface area contributed by atoms with Gasteiger partial charge in [-0.2, -0.15) is 0 Å². The van der Waals surface area contributed by atoms with Crippen LogP contribution in [0.15, 0.2) is 206 Å². The Kier molecular flexibility index (Phi) is 11.6. The van der Waals surface area contributed by atoms with Gasteiger partial charge >= 0.3 is 348 Å². The van der Waals surface area contributed by atoms with E-state index >= 15 is 0 Å². The first-order chi connectivity index (χ1) is 28.4. The molecule has 2 unspecified atom stereocenters. The van der Waals surface area contributed by atoms with Gasteiger partial charge in [0.1, 0.15) is 0 Å². The van der Waals surface area contributed by atoms with Gasteiger partial charge < -0.3 is 0 Å². The number of hydrogen-bond donors (Lipinski definition) is 0. The van der Waals surface area contributed by atoms with Gasteiger partial charge in [-0.25, -0.2) is 0 Å². The molecule has 4 heteroatoms. The zero-order chi connectivity index (χ0) is 39.3. The van der Waals surface area contributed by atoms with Crippen molar-refractivity contribution in [3.8, 4) is 44.5 Å². The molecule has 0 heterocycles. The predicted octanol–water partition coefficient (Wildman–Crippen LogP) is 15.4. The third kappa shape index (κ3) is 7.18. The molecule has 0 aliphatic heterocycles. The molecule has 8 aromatic carbocycles. The van der Waals surface area contributed by atoms with Crippen molar-refractivity contribution in [1.29, 1.82) is 0 Å². The number of halogens is 2. The molecule has 60 heavy (non-hydrogen) atoms. The molecule has 0 aromatic heterocycles. The molecule has 294 valence electrons. The van der Waals surface area contributed by atoms with E-state index in [1.165, 1.54) is 89.0 Å². The number of hydrogen-bond acceptors (Lipinski definition) is 0. The van der Waals surface area contributed by atoms with Gasteiger partial charge in [-0.3, -0.25) is 0 Å². The van der Waals surface area contributed by atoms with Gasteiger partial charge in [-0.15, -0.1) is 24.8 Å². The van der Waals surface area contributed by atoms with Crippen LogP contribution in [-0.4, -0.2) is 6.88 Å². The van der Waals surface area contributed by atoms with Gasteiger partial charge in [0.25, 0.3) is 0 Å². The summed E-state index contributed by atoms with van der Waals surface area (Å²) in [6.45, 7) is 2.44. The Labute approximate surface area is 370 Å². The monoisotopic (exact) mass is 908 g/mol. The van der Waals surface area contributed by atoms with Crippen molar-refractivity contribution in [3.05, 3.63) is 240 Å². The summed E-state index contributed by atoms with van der Waals surface area (Å²) in [5.74, 6) is 0. The Morgan fingerprint density at radius 2 is 0.550 bits per heavy atom. The molecule has 0 spiro atoms. The second-order valence-corrected chi connectivity index (χ2v) is 47.6. The van der Waals surface area contributed by atoms with Crippen LogP contribution in [0.4, 0.5) is 0 Å². The first kappa shape index (κ1) is 41.6. The van der Waals surface area contributed by atoms with Crippen LogP contribution in [0.5, 0.6) is 0 Å². The number of benzene rings is 8. The van der Waals surface area contributed by atoms with Crippen LogP contribution in [0, 0.1) is 0 Å². The predicted molar refractivity (Wildman–Crippen MR) is 264 cm³/mol. The van der Waals surface area contributed by atoms with E-state index in [0.717, 1.165) is 0 Å². The summed E-state index contributed by atoms with van der Waals surface area (Å²) < 4.78 is 6.04. The Bertz CT molecular complexity index is 2740. The average Bonchev–Trinajstić information content (AvgIpc) is 3.91. The fourth-order valence-corrected chi connectivity index (χ4v) is 28.6. The Morgan fingerprint density at radius 1 is 0.317 bits per heavy atom. The van der Waals surface area contributed by atoms with Crippen molar-refractivity contribution in [2.45, 2.75) is 16.5 Å². The molecule has 10 rings (SSSR count). The molecular weight excluding hydrogens is 863 g/mol. The zero-order valence-corrected chi connectivity index (χ0v) is 39.5. The van der Waals surface area contributed by atoms with Crippen LogP contribution in [-0.2, 0) is 17.4 Å². The van der Waals surface area contributed by atoms with Gasteiger partial charge in [0, 0.05) is 0 Å². The molecule has 0 radical (unpaired) electrons. The summed E-state index contributed by atoms with van der Waals surface area (Å²) >= 11 is -4.40. The van der Waals surface area contributed by atoms with Crippen molar-refractivity contribution in [2.75, 3.05) is 0 Å². The summed E-state index contributed by atoms with van der Waals surface area (Å²) in [4.78, 5) is 0. The summed E-state index contributed by atoms with van der Waals surface area (Å²) in [7, 11) is 0. The number of rotatable bonds is 8. The fraction of sp³-hybridized carbons (Fsp3) is 0.0714. The van der Waals surface area contributed by atoms with E-state index in [9.17, 15) is 0 Å². The van der Waals surface area contributed by atoms with E-state index in [2.05, 4.69) is 235 Å². The topological polar surface area (TPSA) is 0 Å². The molecule has 0 saturated heterocycles. The van der Waals surface area contributed by atoms with Crippen LogP contribution in [0.2, 0.25) is 9.26 Å². The van der Waals surface area contributed by atoms with Gasteiger partial charge in [-0.1, -0.05) is 0 Å². The molecule has 0 N–H and O–H groups in total. The van der Waals surface area contributed by atoms with Crippen LogP contribution < -0.4 is 0 Å². The fourth-order valence-electron chi connectivity index (χ4n) is 10.4. The Hall–Kier alpha value is -5.08. The average molecular weight is 911 g/mol. The SMILES string of the molecule is Cl.Cl.[CH3][Zr]([CH3])(=[SiH2])([CH]1C(c2ccccc2)=Cc2c(-c3ccccc3)ccc(-c3ccccc3)c21)[CH]1C(c2ccccc2)=Cc2c(-c3ccccc3)ccc(-c3ccccc3)c21. The van der Waals surface area contributed by atoms with Crippen LogP contribution in [0.1, 0.15) is 40.6 Å². The molecule has 2 aliphatic rings. The second-order valence-electron chi connectivity index (χ2n) is 17.2. The van der Waals surface area contributed by atoms with E-state index in [1.54, 1.807) is 0 Å². The summed E-state index contributed by atoms with van der Waals surface area (Å²) in [6.07, 6.45) is 5.19. The molecule has 0 bridgehead atoms. The van der Waals surface area contributed by atoms with Gasteiger partial charge in [0.15, 0.2) is 0 Å². The van der Waals surface area contributed by atoms with Crippen molar-refractivity contribution in [2.24, 2.45) is 0 Å². The molecule has 8 aromatic rings. The molecule has 0 fully saturated rings. The molecule has 0 amide bonds. The second kappa shape index (κ2) is 16.8. The number of allylic oxidation sites excluding steroid dienone is 2. The van der Waals surface area contributed by atoms with E-state index in [4.69, 9.17) is 0 Å². The maximum atomic E-state index is 2.79. The normalized spacial score (nSPS) is 15.4. The summed E-state index contributed by atoms with van der Waals surface area (Å²) in [5, 5.41) is 0. The van der Waals surface area contributed by atoms with Crippen molar-refractivity contribution >= 4 is 55.0 Å². The van der Waals surface area contributed by atoms with E-state index in [1.807, 2.05) is 0 Å². The standard InChI is InChI=1S/2C27H19.2CH3.2ClH.H2Si.Zr/c2*1-4-10-20(11-5-1)23-18-26-24(21-12-6-2-7-13-21)16-17-25(27(26)19-23)22-14-8-3-9-15-22;;;;;;/h2*1-19H;2*1H3;2*1H;1H2;. The maximum absolute atomic E-state index is 4.40. The summed E-state index contributed by atoms with van der Waals surface area (Å²) in [6, 6.07) is 76.6. The van der Waals surface area contributed by atoms with Crippen LogP contribution >= 0.6 is 24.8 Å². The van der Waals surface area contributed by atoms with Gasteiger partial charge in [0.2, 0.25) is 0 Å². The Morgan fingerprint density at radius 3 is 0.833 bits per heavy atom. The molecular formula is C56H48Cl2SiZr. The van der Waals surface area contributed by atoms with Crippen LogP contribution in [0.3, 0.4) is 0 Å². The van der Waals surface area contributed by atoms with Gasteiger partial charge in [-0.05, 0) is 0 Å². The molecule has 0 nitrogen and oxygen atoms in total. The van der Waals surface area contributed by atoms with Crippen molar-refractivity contribution in [3.63, 3.8) is 0 Å². The number of fused-ring (bicyclic) bond motifs is 2. The molecule has 2 aliphatic carbocycles. The third-order valence-corrected chi connectivity index (χ3v) is 29.9. The molecule has 2 atom stereocenters. The minimum atomic E-state index is -4.40. The quantitative estimate of drug-likeness (QED) is 0.133. The van der Waals surface area contributed by atoms with E-state index < -0.39 is 17.4 Å². The van der Waals surface area contributed by atoms with E-state index in [-0.39, 0.29) is 32.1 Å². The van der Waals surface area contributed by atoms with Crippen LogP contribution in [0.25, 0.3) is 67.8 Å². The minimum absolute atomic E-state index is 0. The first-order valence-electron chi connectivity index (χ1n) is 20.5. The summed E-state index contributed by atoms with van der Waals surface area (Å²) in [5.41, 5.74) is 21.7. The first-order valence-corrected chi connectivity index (χ1v) is 34.2. The van der Waals surface area contributed by atoms with Crippen molar-refractivity contribution < 1.29 is 17.4 Å². The zero-order valence-electron chi connectivity index (χ0n) is 34.0. The van der Waals surface area contributed by atoms with Crippen molar-refractivity contribution in [1.82, 2.24) is 0 Å². The van der Waals surface area contributed by atoms with E-state index in [0.29, 0.717) is 0 Å². The third-order valence-electron chi connectivity index (χ3n) is 12.8. The Balaban J connectivity index is 0.00000249. The van der Waals surface area contributed by atoms with Gasteiger partial charge in [0.05, 0.1) is 0 Å².